The lowest BCUT2D eigenvalue weighted by molar-refractivity contribution is -0.178. The summed E-state index contributed by atoms with van der Waals surface area (Å²) in [7, 11) is 12.4. The Morgan fingerprint density at radius 1 is 0.469 bits per heavy atom. The van der Waals surface area contributed by atoms with E-state index in [1.165, 1.54) is 109 Å². The van der Waals surface area contributed by atoms with Gasteiger partial charge in [0.05, 0.1) is 26.4 Å². The number of esters is 2. The number of hydrogen-bond donors (Lipinski definition) is 10. The average Bonchev–Trinajstić information content (AvgIpc) is 0.898. The van der Waals surface area contributed by atoms with E-state index in [0.717, 1.165) is 55.3 Å². The number of nitrogens with two attached hydrogens (primary N) is 1. The lowest BCUT2D eigenvalue weighted by Crippen LogP contribution is -2.55. The number of carbonyl (C=O) groups is 12. The number of anilines is 5. The first-order valence-electron chi connectivity index (χ1n) is 39.1. The van der Waals surface area contributed by atoms with E-state index in [1.54, 1.807) is 98.1 Å². The Balaban J connectivity index is 0.000000222. The molecule has 0 aliphatic carbocycles. The number of carbonyl (C=O) groups excluding carboxylic acids is 11. The topological polar surface area (TPSA) is 552 Å². The molecular formula is C84H97F4IN14O27. The van der Waals surface area contributed by atoms with Gasteiger partial charge in [0.15, 0.2) is 60.5 Å². The Bertz CT molecular complexity index is 5500. The molecule has 0 saturated carbocycles. The van der Waals surface area contributed by atoms with Crippen LogP contribution >= 0.6 is 22.6 Å². The highest BCUT2D eigenvalue weighted by Crippen LogP contribution is 2.30. The smallest absolute Gasteiger partial charge is 0.439 e. The number of benzene rings is 6. The van der Waals surface area contributed by atoms with Crippen LogP contribution in [0.25, 0.3) is 22.8 Å². The van der Waals surface area contributed by atoms with Gasteiger partial charge in [0.25, 0.3) is 53.2 Å². The molecule has 0 unspecified atom stereocenters. The summed E-state index contributed by atoms with van der Waals surface area (Å²) in [4.78, 5) is 180. The molecule has 4 aliphatic heterocycles. The number of aliphatic hydroxyl groups excluding tert-OH is 4. The second kappa shape index (κ2) is 46.2. The van der Waals surface area contributed by atoms with Crippen LogP contribution in [-0.2, 0) is 66.8 Å². The van der Waals surface area contributed by atoms with Gasteiger partial charge in [0.2, 0.25) is 0 Å². The number of aromatic nitrogens is 4. The van der Waals surface area contributed by atoms with E-state index < -0.39 is 154 Å². The van der Waals surface area contributed by atoms with Crippen LogP contribution in [0.5, 0.6) is 0 Å². The van der Waals surface area contributed by atoms with Crippen molar-refractivity contribution in [2.75, 3.05) is 135 Å². The molecule has 2 aromatic heterocycles. The first-order valence-corrected chi connectivity index (χ1v) is 40.1. The van der Waals surface area contributed by atoms with Gasteiger partial charge in [0, 0.05) is 148 Å². The number of morpholine rings is 4. The minimum Gasteiger partial charge on any atom is -0.479 e. The summed E-state index contributed by atoms with van der Waals surface area (Å²) in [6, 6.07) is 27.8. The zero-order chi connectivity index (χ0) is 96.8. The highest BCUT2D eigenvalue weighted by Gasteiger charge is 2.44. The fraction of sp³-hybridized carbons (Fsp3) is 0.381. The average molecular weight is 1940 g/mol. The lowest BCUT2D eigenvalue weighted by atomic mass is 10.1. The second-order valence-electron chi connectivity index (χ2n) is 31.2. The van der Waals surface area contributed by atoms with Crippen molar-refractivity contribution in [1.82, 2.24) is 45.2 Å². The van der Waals surface area contributed by atoms with Crippen LogP contribution in [0.2, 0.25) is 0 Å². The maximum absolute atomic E-state index is 14.2. The number of aliphatic carboxylic acids is 1. The van der Waals surface area contributed by atoms with Crippen LogP contribution in [0.4, 0.5) is 46.0 Å². The van der Waals surface area contributed by atoms with Gasteiger partial charge in [-0.05, 0) is 185 Å². The molecule has 12 rings (SSSR count). The Morgan fingerprint density at radius 3 is 1.12 bits per heavy atom. The SMILES string of the molecule is CC(C)(C)OC(=O)[C@H](O)[C@H]1OCCNC1=O.CN(C)C(=O)c1cc(F)cc(I)c1.CN(C)C(=O)c1cc(F)cc(N2CCO[C@H]([C@@H](O)C(=O)Nc3ccc(-c4noc(=O)[nH]4)cc3)C2=O)c1.CN(C)C(=O)c1cc(F)cc(N2CCO[C@H]([C@@H](O)C(=O)O)C2=O)c1.CN(C)C(=O)c1cc(F)cc(N2CCO[C@H]([C@@H](O)C(=O)OC(C)(C)C)C2=O)c1.Nc1ccc(-c2noc(=O)[nH]2)cc1. The largest absolute Gasteiger partial charge is 0.479 e. The fourth-order valence-electron chi connectivity index (χ4n) is 11.8. The molecule has 41 nitrogen and oxygen atoms in total. The highest BCUT2D eigenvalue weighted by molar-refractivity contribution is 14.1. The molecule has 6 heterocycles. The molecule has 11 N–H and O–H groups in total. The molecule has 4 saturated heterocycles. The predicted molar refractivity (Wildman–Crippen MR) is 461 cm³/mol. The van der Waals surface area contributed by atoms with Crippen molar-refractivity contribution in [3.63, 3.8) is 0 Å². The Hall–Kier alpha value is -13.2. The molecule has 130 heavy (non-hydrogen) atoms. The molecule has 46 heteroatoms. The lowest BCUT2D eigenvalue weighted by Gasteiger charge is -2.34. The molecular weight excluding hydrogens is 1840 g/mol. The number of nitrogen functional groups attached to an aromatic ring is 1. The maximum atomic E-state index is 14.2. The Morgan fingerprint density at radius 2 is 0.792 bits per heavy atom. The summed E-state index contributed by atoms with van der Waals surface area (Å²) in [5.41, 5.74) is 7.06. The number of nitrogens with one attached hydrogen (secondary N) is 4. The van der Waals surface area contributed by atoms with Crippen molar-refractivity contribution in [2.45, 2.75) is 102 Å². The van der Waals surface area contributed by atoms with Gasteiger partial charge in [-0.25, -0.2) is 41.5 Å². The fourth-order valence-corrected chi connectivity index (χ4v) is 12.5. The second-order valence-corrected chi connectivity index (χ2v) is 32.5. The number of H-pyrrole nitrogens is 2. The van der Waals surface area contributed by atoms with Crippen LogP contribution in [0.15, 0.2) is 140 Å². The minimum absolute atomic E-state index is 0.0176. The van der Waals surface area contributed by atoms with Gasteiger partial charge in [-0.3, -0.25) is 62.2 Å². The third-order valence-electron chi connectivity index (χ3n) is 17.8. The number of halogens is 5. The molecule has 8 atom stereocenters. The number of rotatable bonds is 18. The normalized spacial score (nSPS) is 17.0. The van der Waals surface area contributed by atoms with Crippen LogP contribution < -0.4 is 42.6 Å². The van der Waals surface area contributed by atoms with E-state index in [2.05, 4.69) is 40.0 Å². The first-order chi connectivity index (χ1) is 60.8. The van der Waals surface area contributed by atoms with E-state index in [9.17, 15) is 105 Å². The maximum Gasteiger partial charge on any atom is 0.439 e. The van der Waals surface area contributed by atoms with Crippen LogP contribution in [0, 0.1) is 26.8 Å². The van der Waals surface area contributed by atoms with Gasteiger partial charge < -0.3 is 105 Å². The van der Waals surface area contributed by atoms with Crippen molar-refractivity contribution in [3.05, 3.63) is 192 Å². The summed E-state index contributed by atoms with van der Waals surface area (Å²) >= 11 is 1.98. The Kier molecular flexibility index (Phi) is 36.9. The predicted octanol–water partition coefficient (Wildman–Crippen LogP) is 3.22. The van der Waals surface area contributed by atoms with Crippen molar-refractivity contribution < 1.29 is 138 Å². The monoisotopic (exact) mass is 1940 g/mol. The number of nitrogens with zero attached hydrogens (tertiary/aromatic N) is 9. The van der Waals surface area contributed by atoms with Gasteiger partial charge in [-0.2, -0.15) is 0 Å². The van der Waals surface area contributed by atoms with E-state index >= 15 is 0 Å². The summed E-state index contributed by atoms with van der Waals surface area (Å²) in [5, 5.41) is 60.8. The third-order valence-corrected chi connectivity index (χ3v) is 18.5. The number of aliphatic hydroxyl groups is 4. The highest BCUT2D eigenvalue weighted by atomic mass is 127. The molecule has 6 aromatic carbocycles. The zero-order valence-corrected chi connectivity index (χ0v) is 74.7. The number of amides is 9. The number of carboxylic acid groups (broad SMARTS) is 1. The van der Waals surface area contributed by atoms with Gasteiger partial charge >= 0.3 is 29.4 Å². The van der Waals surface area contributed by atoms with Gasteiger partial charge in [-0.1, -0.05) is 10.3 Å². The molecule has 8 aromatic rings. The van der Waals surface area contributed by atoms with Crippen LogP contribution in [-0.4, -0.2) is 306 Å². The standard InChI is InChI=1S/C23H22FN5O7.C19H25FN2O6.C15H17FN2O6.C10H17NO5.C9H9FINO.C8H7N3O2/c1-28(2)21(32)13-9-14(24)11-16(10-13)29-7-8-35-18(22(29)33)17(30)20(31)25-15-5-3-12(4-6-15)19-26-23(34)36-27-19;1-19(2,3)28-18(26)14(23)15-17(25)22(6-7-27-15)13-9-11(8-12(20)10-13)16(24)21(4)5;1-17(2)13(20)8-5-9(16)7-10(6-8)18-3-4-24-12(14(18)21)11(19)15(22)23;1-10(2,3)16-9(14)6(12)7-8(13)11-4-5-15-7;1-12(2)9(13)6-3-7(10)5-8(11)4-6;9-6-3-1-5(2-4-6)7-10-8(12)13-11-7/h3-6,9-11,17-18,30H,7-8H2,1-2H3,(H,25,31)(H,26,27,34);8-10,14-15,23H,6-7H2,1-5H3;5-7,11-12,19H,3-4H2,1-2H3,(H,22,23);6-7,12H,4-5H2,1-3H3,(H,11,13);3-5H,1-2H3;1-4H,9H2,(H,10,11,12)/t17-,18-;14-,15-;11-,12-;6-,7-;;/m1111../s1. The molecule has 0 spiro atoms. The summed E-state index contributed by atoms with van der Waals surface area (Å²) in [5.74, 6) is -11.8. The molecule has 0 bridgehead atoms. The zero-order valence-electron chi connectivity index (χ0n) is 72.5. The quantitative estimate of drug-likeness (QED) is 0.0255. The summed E-state index contributed by atoms with van der Waals surface area (Å²) in [6.07, 6.45) is -13.1. The van der Waals surface area contributed by atoms with Crippen LogP contribution in [0.3, 0.4) is 0 Å². The minimum atomic E-state index is -2.03. The van der Waals surface area contributed by atoms with Gasteiger partial charge in [-0.15, -0.1) is 0 Å². The first kappa shape index (κ1) is 104. The van der Waals surface area contributed by atoms with Crippen LogP contribution in [0.1, 0.15) is 83.0 Å². The Labute approximate surface area is 752 Å². The molecule has 0 radical (unpaired) electrons. The molecule has 4 aliphatic rings. The number of carboxylic acids is 1. The van der Waals surface area contributed by atoms with Crippen molar-refractivity contribution in [1.29, 1.82) is 0 Å². The summed E-state index contributed by atoms with van der Waals surface area (Å²) in [6.45, 7) is 10.7. The van der Waals surface area contributed by atoms with Crippen molar-refractivity contribution in [3.8, 4) is 22.8 Å². The number of ether oxygens (including phenoxy) is 6. The van der Waals surface area contributed by atoms with E-state index in [4.69, 9.17) is 39.3 Å². The molecule has 700 valence electrons. The van der Waals surface area contributed by atoms with E-state index in [0.29, 0.717) is 34.9 Å². The third kappa shape index (κ3) is 29.7. The molecule has 4 fully saturated rings. The van der Waals surface area contributed by atoms with E-state index in [-0.39, 0.29) is 97.4 Å². The van der Waals surface area contributed by atoms with Crippen molar-refractivity contribution >= 4 is 122 Å². The number of hydrogen-bond acceptors (Lipinski definition) is 29. The van der Waals surface area contributed by atoms with Gasteiger partial charge in [0.1, 0.15) is 34.5 Å². The number of aromatic amines is 2. The van der Waals surface area contributed by atoms with Crippen molar-refractivity contribution in [2.24, 2.45) is 0 Å². The molecule has 9 amide bonds. The van der Waals surface area contributed by atoms with E-state index in [1.807, 2.05) is 22.6 Å². The summed E-state index contributed by atoms with van der Waals surface area (Å²) < 4.78 is 95.2.